The van der Waals surface area contributed by atoms with Crippen molar-refractivity contribution < 1.29 is 9.18 Å². The average molecular weight is 264 g/mol. The van der Waals surface area contributed by atoms with Crippen molar-refractivity contribution in [3.05, 3.63) is 29.6 Å². The molecule has 1 N–H and O–H groups in total. The van der Waals surface area contributed by atoms with Gasteiger partial charge in [0.25, 0.3) is 0 Å². The van der Waals surface area contributed by atoms with Gasteiger partial charge in [-0.1, -0.05) is 19.1 Å². The Morgan fingerprint density at radius 3 is 2.95 bits per heavy atom. The van der Waals surface area contributed by atoms with E-state index in [4.69, 9.17) is 0 Å². The number of hydrogen-bond acceptors (Lipinski definition) is 2. The average Bonchev–Trinajstić information content (AvgIpc) is 2.39. The van der Waals surface area contributed by atoms with Crippen molar-refractivity contribution in [2.45, 2.75) is 39.2 Å². The molecule has 1 aliphatic rings. The van der Waals surface area contributed by atoms with Gasteiger partial charge in [-0.05, 0) is 44.4 Å². The third-order valence-electron chi connectivity index (χ3n) is 3.54. The highest BCUT2D eigenvalue weighted by Crippen LogP contribution is 2.27. The van der Waals surface area contributed by atoms with Gasteiger partial charge in [-0.3, -0.25) is 4.79 Å². The van der Waals surface area contributed by atoms with Crippen LogP contribution in [0.25, 0.3) is 0 Å². The first-order chi connectivity index (χ1) is 9.15. The molecular weight excluding hydrogens is 243 g/mol. The van der Waals surface area contributed by atoms with Gasteiger partial charge in [0.05, 0.1) is 11.7 Å². The summed E-state index contributed by atoms with van der Waals surface area (Å²) in [5.41, 5.74) is 1.25. The molecule has 1 heterocycles. The van der Waals surface area contributed by atoms with E-state index in [1.54, 1.807) is 11.0 Å². The number of benzene rings is 1. The van der Waals surface area contributed by atoms with Crippen molar-refractivity contribution >= 4 is 11.6 Å². The zero-order chi connectivity index (χ0) is 13.8. The lowest BCUT2D eigenvalue weighted by molar-refractivity contribution is -0.121. The topological polar surface area (TPSA) is 32.3 Å². The number of anilines is 1. The predicted octanol–water partition coefficient (Wildman–Crippen LogP) is 2.63. The number of carbonyl (C=O) groups is 1. The number of amides is 1. The quantitative estimate of drug-likeness (QED) is 0.906. The first kappa shape index (κ1) is 14.0. The van der Waals surface area contributed by atoms with Crippen LogP contribution >= 0.6 is 0 Å². The summed E-state index contributed by atoms with van der Waals surface area (Å²) in [5, 5.41) is 3.25. The number of rotatable bonds is 4. The normalized spacial score (nSPS) is 19.8. The Morgan fingerprint density at radius 2 is 2.26 bits per heavy atom. The van der Waals surface area contributed by atoms with Crippen LogP contribution < -0.4 is 10.2 Å². The fourth-order valence-electron chi connectivity index (χ4n) is 2.57. The molecule has 2 rings (SSSR count). The molecule has 1 aromatic carbocycles. The number of para-hydroxylation sites is 1. The van der Waals surface area contributed by atoms with E-state index in [2.05, 4.69) is 12.2 Å². The first-order valence-corrected chi connectivity index (χ1v) is 6.95. The molecule has 1 saturated heterocycles. The van der Waals surface area contributed by atoms with Gasteiger partial charge in [0.2, 0.25) is 5.91 Å². The Labute approximate surface area is 113 Å². The summed E-state index contributed by atoms with van der Waals surface area (Å²) in [5.74, 6) is -0.322. The first-order valence-electron chi connectivity index (χ1n) is 6.95. The molecular formula is C15H21FN2O. The van der Waals surface area contributed by atoms with Crippen LogP contribution in [0.1, 0.15) is 31.7 Å². The molecule has 1 fully saturated rings. The zero-order valence-corrected chi connectivity index (χ0v) is 11.6. The van der Waals surface area contributed by atoms with Crippen molar-refractivity contribution in [3.63, 3.8) is 0 Å². The molecule has 104 valence electrons. The lowest BCUT2D eigenvalue weighted by Gasteiger charge is -2.33. The lowest BCUT2D eigenvalue weighted by atomic mass is 10.0. The summed E-state index contributed by atoms with van der Waals surface area (Å²) in [4.78, 5) is 14.0. The minimum atomic E-state index is -0.315. The standard InChI is InChI=1S/C15H21FN2O/c1-3-9-17-13-8-5-10-18(15(13)19)14-11(2)6-4-7-12(14)16/h4,6-7,13,17H,3,5,8-10H2,1-2H3. The van der Waals surface area contributed by atoms with Gasteiger partial charge in [-0.2, -0.15) is 0 Å². The van der Waals surface area contributed by atoms with Gasteiger partial charge in [0, 0.05) is 6.54 Å². The molecule has 0 radical (unpaired) electrons. The smallest absolute Gasteiger partial charge is 0.244 e. The molecule has 0 bridgehead atoms. The van der Waals surface area contributed by atoms with Crippen LogP contribution in [0.2, 0.25) is 0 Å². The third kappa shape index (κ3) is 2.95. The molecule has 4 heteroatoms. The Kier molecular flexibility index (Phi) is 4.53. The Balaban J connectivity index is 2.22. The number of carbonyl (C=O) groups excluding carboxylic acids is 1. The second-order valence-corrected chi connectivity index (χ2v) is 5.04. The highest BCUT2D eigenvalue weighted by Gasteiger charge is 2.31. The second kappa shape index (κ2) is 6.15. The number of aryl methyl sites for hydroxylation is 1. The van der Waals surface area contributed by atoms with Crippen molar-refractivity contribution in [2.24, 2.45) is 0 Å². The minimum absolute atomic E-state index is 0.00657. The monoisotopic (exact) mass is 264 g/mol. The van der Waals surface area contributed by atoms with Gasteiger partial charge >= 0.3 is 0 Å². The Bertz CT molecular complexity index is 441. The molecule has 0 saturated carbocycles. The van der Waals surface area contributed by atoms with Crippen molar-refractivity contribution in [3.8, 4) is 0 Å². The highest BCUT2D eigenvalue weighted by molar-refractivity contribution is 5.98. The zero-order valence-electron chi connectivity index (χ0n) is 11.6. The summed E-state index contributed by atoms with van der Waals surface area (Å²) in [6, 6.07) is 4.76. The van der Waals surface area contributed by atoms with Crippen LogP contribution in [0.15, 0.2) is 18.2 Å². The van der Waals surface area contributed by atoms with Crippen LogP contribution in [0.3, 0.4) is 0 Å². The minimum Gasteiger partial charge on any atom is -0.308 e. The fraction of sp³-hybridized carbons (Fsp3) is 0.533. The number of nitrogens with zero attached hydrogens (tertiary/aromatic N) is 1. The van der Waals surface area contributed by atoms with E-state index in [1.807, 2.05) is 13.0 Å². The van der Waals surface area contributed by atoms with Crippen LogP contribution in [0, 0.1) is 12.7 Å². The number of halogens is 1. The Hall–Kier alpha value is -1.42. The maximum atomic E-state index is 14.0. The molecule has 1 amide bonds. The largest absolute Gasteiger partial charge is 0.308 e. The molecule has 0 aromatic heterocycles. The summed E-state index contributed by atoms with van der Waals surface area (Å²) in [6.07, 6.45) is 2.73. The van der Waals surface area contributed by atoms with Crippen LogP contribution in [0.4, 0.5) is 10.1 Å². The summed E-state index contributed by atoms with van der Waals surface area (Å²) in [7, 11) is 0. The van der Waals surface area contributed by atoms with Crippen LogP contribution in [-0.4, -0.2) is 25.0 Å². The van der Waals surface area contributed by atoms with Crippen molar-refractivity contribution in [2.75, 3.05) is 18.0 Å². The molecule has 3 nitrogen and oxygen atoms in total. The van der Waals surface area contributed by atoms with E-state index in [0.29, 0.717) is 12.2 Å². The van der Waals surface area contributed by atoms with E-state index in [-0.39, 0.29) is 17.8 Å². The molecule has 0 aliphatic carbocycles. The summed E-state index contributed by atoms with van der Waals surface area (Å²) >= 11 is 0. The highest BCUT2D eigenvalue weighted by atomic mass is 19.1. The van der Waals surface area contributed by atoms with Crippen molar-refractivity contribution in [1.82, 2.24) is 5.32 Å². The second-order valence-electron chi connectivity index (χ2n) is 5.04. The van der Waals surface area contributed by atoms with Gasteiger partial charge in [0.1, 0.15) is 5.82 Å². The van der Waals surface area contributed by atoms with Gasteiger partial charge in [0.15, 0.2) is 0 Å². The Morgan fingerprint density at radius 1 is 1.47 bits per heavy atom. The molecule has 1 aliphatic heterocycles. The summed E-state index contributed by atoms with van der Waals surface area (Å²) in [6.45, 7) is 5.33. The lowest BCUT2D eigenvalue weighted by Crippen LogP contribution is -2.51. The molecule has 1 aromatic rings. The van der Waals surface area contributed by atoms with E-state index >= 15 is 0 Å². The SMILES string of the molecule is CCCNC1CCCN(c2c(C)cccc2F)C1=O. The number of hydrogen-bond donors (Lipinski definition) is 1. The van der Waals surface area contributed by atoms with Gasteiger partial charge < -0.3 is 10.2 Å². The van der Waals surface area contributed by atoms with Gasteiger partial charge in [-0.15, -0.1) is 0 Å². The molecule has 1 unspecified atom stereocenters. The van der Waals surface area contributed by atoms with Crippen LogP contribution in [-0.2, 0) is 4.79 Å². The summed E-state index contributed by atoms with van der Waals surface area (Å²) < 4.78 is 14.0. The maximum absolute atomic E-state index is 14.0. The fourth-order valence-corrected chi connectivity index (χ4v) is 2.57. The van der Waals surface area contributed by atoms with E-state index in [0.717, 1.165) is 31.4 Å². The molecule has 19 heavy (non-hydrogen) atoms. The number of nitrogens with one attached hydrogen (secondary N) is 1. The van der Waals surface area contributed by atoms with E-state index in [1.165, 1.54) is 6.07 Å². The third-order valence-corrected chi connectivity index (χ3v) is 3.54. The number of piperidine rings is 1. The molecule has 1 atom stereocenters. The van der Waals surface area contributed by atoms with Crippen molar-refractivity contribution in [1.29, 1.82) is 0 Å². The van der Waals surface area contributed by atoms with Crippen LogP contribution in [0.5, 0.6) is 0 Å². The van der Waals surface area contributed by atoms with E-state index < -0.39 is 0 Å². The predicted molar refractivity (Wildman–Crippen MR) is 74.8 cm³/mol. The maximum Gasteiger partial charge on any atom is 0.244 e. The van der Waals surface area contributed by atoms with E-state index in [9.17, 15) is 9.18 Å². The van der Waals surface area contributed by atoms with Gasteiger partial charge in [-0.25, -0.2) is 4.39 Å². The molecule has 0 spiro atoms.